The van der Waals surface area contributed by atoms with Gasteiger partial charge in [0.15, 0.2) is 0 Å². The molecule has 4 heteroatoms. The average molecular weight is 283 g/mol. The van der Waals surface area contributed by atoms with Crippen LogP contribution in [0.2, 0.25) is 0 Å². The zero-order valence-corrected chi connectivity index (χ0v) is 11.7. The van der Waals surface area contributed by atoms with Crippen molar-refractivity contribution in [2.75, 3.05) is 13.1 Å². The lowest BCUT2D eigenvalue weighted by Crippen LogP contribution is -2.37. The molecule has 1 fully saturated rings. The summed E-state index contributed by atoms with van der Waals surface area (Å²) < 4.78 is 0. The predicted molar refractivity (Wildman–Crippen MR) is 80.2 cm³/mol. The summed E-state index contributed by atoms with van der Waals surface area (Å²) >= 11 is 0. The van der Waals surface area contributed by atoms with Crippen LogP contribution in [0.5, 0.6) is 0 Å². The van der Waals surface area contributed by atoms with Gasteiger partial charge in [-0.25, -0.2) is 0 Å². The smallest absolute Gasteiger partial charge is 0.323 e. The highest BCUT2D eigenvalue weighted by atomic mass is 16.4. The molecule has 0 atom stereocenters. The van der Waals surface area contributed by atoms with Gasteiger partial charge in [0.25, 0.3) is 5.91 Å². The van der Waals surface area contributed by atoms with Crippen molar-refractivity contribution in [1.29, 1.82) is 0 Å². The molecule has 108 valence electrons. The fourth-order valence-corrected chi connectivity index (χ4v) is 2.50. The van der Waals surface area contributed by atoms with Gasteiger partial charge in [0.1, 0.15) is 6.54 Å². The lowest BCUT2D eigenvalue weighted by Gasteiger charge is -2.20. The highest BCUT2D eigenvalue weighted by Crippen LogP contribution is 2.30. The summed E-state index contributed by atoms with van der Waals surface area (Å²) in [5.74, 6) is -0.700. The Hall–Kier alpha value is -2.36. The predicted octanol–water partition coefficient (Wildman–Crippen LogP) is 2.78. The van der Waals surface area contributed by atoms with E-state index in [-0.39, 0.29) is 12.5 Å². The maximum Gasteiger partial charge on any atom is 0.323 e. The zero-order chi connectivity index (χ0) is 14.8. The third-order valence-electron chi connectivity index (χ3n) is 3.79. The molecule has 1 aliphatic rings. The Labute approximate surface area is 123 Å². The van der Waals surface area contributed by atoms with Crippen molar-refractivity contribution in [3.05, 3.63) is 48.0 Å². The number of carboxylic acids is 1. The Kier molecular flexibility index (Phi) is 3.60. The molecule has 0 aliphatic heterocycles. The second-order valence-electron chi connectivity index (χ2n) is 5.58. The van der Waals surface area contributed by atoms with Crippen molar-refractivity contribution in [1.82, 2.24) is 4.90 Å². The van der Waals surface area contributed by atoms with E-state index in [1.54, 1.807) is 6.07 Å². The fourth-order valence-electron chi connectivity index (χ4n) is 2.50. The van der Waals surface area contributed by atoms with Gasteiger partial charge in [0.05, 0.1) is 0 Å². The Morgan fingerprint density at radius 2 is 1.81 bits per heavy atom. The highest BCUT2D eigenvalue weighted by molar-refractivity contribution is 5.99. The van der Waals surface area contributed by atoms with E-state index in [1.807, 2.05) is 36.4 Å². The lowest BCUT2D eigenvalue weighted by atomic mass is 10.1. The minimum atomic E-state index is -0.968. The van der Waals surface area contributed by atoms with E-state index >= 15 is 0 Å². The standard InChI is InChI=1S/C17H17NO3/c19-16(20)11-18(10-12-5-6-12)17(21)15-8-7-13-3-1-2-4-14(13)9-15/h1-4,7-9,12H,5-6,10-11H2,(H,19,20). The van der Waals surface area contributed by atoms with Crippen molar-refractivity contribution in [2.24, 2.45) is 5.92 Å². The molecule has 1 saturated carbocycles. The summed E-state index contributed by atoms with van der Waals surface area (Å²) in [6, 6.07) is 13.3. The van der Waals surface area contributed by atoms with Crippen LogP contribution in [0.4, 0.5) is 0 Å². The van der Waals surface area contributed by atoms with Crippen molar-refractivity contribution >= 4 is 22.6 Å². The minimum absolute atomic E-state index is 0.199. The third-order valence-corrected chi connectivity index (χ3v) is 3.79. The van der Waals surface area contributed by atoms with Crippen molar-refractivity contribution < 1.29 is 14.7 Å². The minimum Gasteiger partial charge on any atom is -0.480 e. The maximum absolute atomic E-state index is 12.5. The van der Waals surface area contributed by atoms with E-state index in [0.717, 1.165) is 23.6 Å². The summed E-state index contributed by atoms with van der Waals surface area (Å²) in [4.78, 5) is 25.0. The molecule has 1 aliphatic carbocycles. The number of benzene rings is 2. The second kappa shape index (κ2) is 5.56. The number of nitrogens with zero attached hydrogens (tertiary/aromatic N) is 1. The molecule has 4 nitrogen and oxygen atoms in total. The molecule has 0 bridgehead atoms. The van der Waals surface area contributed by atoms with Crippen LogP contribution in [0.1, 0.15) is 23.2 Å². The topological polar surface area (TPSA) is 57.6 Å². The normalized spacial score (nSPS) is 14.1. The summed E-state index contributed by atoms with van der Waals surface area (Å²) in [7, 11) is 0. The van der Waals surface area contributed by atoms with Gasteiger partial charge in [-0.1, -0.05) is 30.3 Å². The zero-order valence-electron chi connectivity index (χ0n) is 11.7. The van der Waals surface area contributed by atoms with Gasteiger partial charge < -0.3 is 10.0 Å². The SMILES string of the molecule is O=C(O)CN(CC1CC1)C(=O)c1ccc2ccccc2c1. The molecule has 3 rings (SSSR count). The molecule has 0 unspecified atom stereocenters. The number of amides is 1. The van der Waals surface area contributed by atoms with E-state index in [9.17, 15) is 9.59 Å². The molecular formula is C17H17NO3. The molecular weight excluding hydrogens is 266 g/mol. The van der Waals surface area contributed by atoms with Crippen LogP contribution in [-0.4, -0.2) is 35.0 Å². The van der Waals surface area contributed by atoms with E-state index in [2.05, 4.69) is 0 Å². The average Bonchev–Trinajstić information content (AvgIpc) is 3.29. The molecule has 1 N–H and O–H groups in total. The van der Waals surface area contributed by atoms with E-state index < -0.39 is 5.97 Å². The van der Waals surface area contributed by atoms with Crippen LogP contribution in [0.15, 0.2) is 42.5 Å². The van der Waals surface area contributed by atoms with Gasteiger partial charge >= 0.3 is 5.97 Å². The molecule has 1 amide bonds. The number of carboxylic acid groups (broad SMARTS) is 1. The number of rotatable bonds is 5. The number of fused-ring (bicyclic) bond motifs is 1. The Bertz CT molecular complexity index is 691. The summed E-state index contributed by atoms with van der Waals surface area (Å²) in [5, 5.41) is 11.1. The number of carbonyl (C=O) groups is 2. The van der Waals surface area contributed by atoms with Gasteiger partial charge in [0.2, 0.25) is 0 Å². The van der Waals surface area contributed by atoms with Crippen molar-refractivity contribution in [3.8, 4) is 0 Å². The first-order valence-electron chi connectivity index (χ1n) is 7.13. The lowest BCUT2D eigenvalue weighted by molar-refractivity contribution is -0.137. The first-order chi connectivity index (χ1) is 10.1. The van der Waals surface area contributed by atoms with Crippen molar-refractivity contribution in [3.63, 3.8) is 0 Å². The van der Waals surface area contributed by atoms with Gasteiger partial charge in [-0.2, -0.15) is 0 Å². The fraction of sp³-hybridized carbons (Fsp3) is 0.294. The first kappa shape index (κ1) is 13.6. The Morgan fingerprint density at radius 1 is 1.10 bits per heavy atom. The van der Waals surface area contributed by atoms with Gasteiger partial charge in [-0.05, 0) is 41.7 Å². The first-order valence-corrected chi connectivity index (χ1v) is 7.13. The third kappa shape index (κ3) is 3.21. The molecule has 0 heterocycles. The molecule has 0 saturated heterocycles. The molecule has 2 aromatic rings. The van der Waals surface area contributed by atoms with Gasteiger partial charge in [-0.15, -0.1) is 0 Å². The number of hydrogen-bond donors (Lipinski definition) is 1. The summed E-state index contributed by atoms with van der Waals surface area (Å²) in [6.45, 7) is 0.306. The summed E-state index contributed by atoms with van der Waals surface area (Å²) in [6.07, 6.45) is 2.17. The largest absolute Gasteiger partial charge is 0.480 e. The maximum atomic E-state index is 12.5. The molecule has 2 aromatic carbocycles. The monoisotopic (exact) mass is 283 g/mol. The van der Waals surface area contributed by atoms with Gasteiger partial charge in [-0.3, -0.25) is 9.59 Å². The highest BCUT2D eigenvalue weighted by Gasteiger charge is 2.28. The van der Waals surface area contributed by atoms with Gasteiger partial charge in [0, 0.05) is 12.1 Å². The second-order valence-corrected chi connectivity index (χ2v) is 5.58. The van der Waals surface area contributed by atoms with E-state index in [1.165, 1.54) is 4.90 Å². The molecule has 0 spiro atoms. The molecule has 0 aromatic heterocycles. The van der Waals surface area contributed by atoms with Crippen LogP contribution in [0.25, 0.3) is 10.8 Å². The molecule has 0 radical (unpaired) electrons. The Balaban J connectivity index is 1.86. The van der Waals surface area contributed by atoms with Crippen LogP contribution in [0, 0.1) is 5.92 Å². The van der Waals surface area contributed by atoms with E-state index in [0.29, 0.717) is 18.0 Å². The van der Waals surface area contributed by atoms with Crippen LogP contribution < -0.4 is 0 Å². The summed E-state index contributed by atoms with van der Waals surface area (Å²) in [5.41, 5.74) is 0.551. The van der Waals surface area contributed by atoms with Crippen LogP contribution in [0.3, 0.4) is 0 Å². The molecule has 21 heavy (non-hydrogen) atoms. The van der Waals surface area contributed by atoms with Crippen molar-refractivity contribution in [2.45, 2.75) is 12.8 Å². The van der Waals surface area contributed by atoms with E-state index in [4.69, 9.17) is 5.11 Å². The van der Waals surface area contributed by atoms with Crippen LogP contribution in [-0.2, 0) is 4.79 Å². The van der Waals surface area contributed by atoms with Crippen LogP contribution >= 0.6 is 0 Å². The number of hydrogen-bond acceptors (Lipinski definition) is 2. The quantitative estimate of drug-likeness (QED) is 0.918. The number of carbonyl (C=O) groups excluding carboxylic acids is 1. The Morgan fingerprint density at radius 3 is 2.48 bits per heavy atom. The number of aliphatic carboxylic acids is 1.